The molecule has 0 unspecified atom stereocenters. The van der Waals surface area contributed by atoms with Gasteiger partial charge in [0, 0.05) is 0 Å². The predicted molar refractivity (Wildman–Crippen MR) is 56.2 cm³/mol. The first-order valence-electron chi connectivity index (χ1n) is 4.35. The summed E-state index contributed by atoms with van der Waals surface area (Å²) in [6.45, 7) is 2.93. The molecule has 1 aromatic carbocycles. The highest BCUT2D eigenvalue weighted by Gasteiger charge is 2.39. The Kier molecular flexibility index (Phi) is 3.01. The lowest BCUT2D eigenvalue weighted by Crippen LogP contribution is -2.17. The Balaban J connectivity index is 3.29. The van der Waals surface area contributed by atoms with Crippen LogP contribution in [0.25, 0.3) is 0 Å². The summed E-state index contributed by atoms with van der Waals surface area (Å²) in [5.41, 5.74) is 0.865. The van der Waals surface area contributed by atoms with E-state index < -0.39 is 12.8 Å². The summed E-state index contributed by atoms with van der Waals surface area (Å²) in [4.78, 5) is 18.4. The molecule has 4 nitrogen and oxygen atoms in total. The van der Waals surface area contributed by atoms with Crippen molar-refractivity contribution in [2.75, 3.05) is 0 Å². The lowest BCUT2D eigenvalue weighted by Gasteiger charge is -2.26. The van der Waals surface area contributed by atoms with Gasteiger partial charge in [-0.3, -0.25) is 4.57 Å². The third-order valence-electron chi connectivity index (χ3n) is 2.43. The second-order valence-electron chi connectivity index (χ2n) is 3.80. The van der Waals surface area contributed by atoms with Crippen LogP contribution in [-0.2, 0) is 9.72 Å². The van der Waals surface area contributed by atoms with Gasteiger partial charge < -0.3 is 9.79 Å². The van der Waals surface area contributed by atoms with Crippen LogP contribution in [0.1, 0.15) is 25.0 Å². The van der Waals surface area contributed by atoms with Crippen LogP contribution in [-0.4, -0.2) is 9.79 Å². The van der Waals surface area contributed by atoms with Gasteiger partial charge >= 0.3 is 7.60 Å². The van der Waals surface area contributed by atoms with Crippen LogP contribution in [0.15, 0.2) is 24.3 Å². The Hall–Kier alpha value is -1.14. The maximum absolute atomic E-state index is 11.3. The van der Waals surface area contributed by atoms with Gasteiger partial charge in [0.1, 0.15) is 0 Å². The molecule has 0 spiro atoms. The molecule has 0 radical (unpaired) electrons. The average Bonchev–Trinajstić information content (AvgIpc) is 2.16. The Bertz CT molecular complexity index is 456. The van der Waals surface area contributed by atoms with Gasteiger partial charge in [0.2, 0.25) is 0 Å². The molecule has 1 aromatic rings. The molecule has 0 atom stereocenters. The summed E-state index contributed by atoms with van der Waals surface area (Å²) in [7, 11) is -4.23. The van der Waals surface area contributed by atoms with E-state index in [1.807, 2.05) is 6.07 Å². The number of rotatable bonds is 2. The van der Waals surface area contributed by atoms with Crippen molar-refractivity contribution in [2.45, 2.75) is 19.0 Å². The minimum Gasteiger partial charge on any atom is -0.324 e. The summed E-state index contributed by atoms with van der Waals surface area (Å²) in [5, 5.41) is 7.42. The average molecular weight is 225 g/mol. The third-order valence-corrected chi connectivity index (χ3v) is 4.14. The maximum Gasteiger partial charge on any atom is 0.335 e. The van der Waals surface area contributed by atoms with Gasteiger partial charge in [0.15, 0.2) is 0 Å². The number of nitriles is 1. The summed E-state index contributed by atoms with van der Waals surface area (Å²) in [5.74, 6) is 0. The van der Waals surface area contributed by atoms with Crippen LogP contribution in [0.3, 0.4) is 0 Å². The molecular weight excluding hydrogens is 213 g/mol. The Morgan fingerprint density at radius 2 is 2.00 bits per heavy atom. The summed E-state index contributed by atoms with van der Waals surface area (Å²) in [6.07, 6.45) is 0. The molecule has 1 rings (SSSR count). The van der Waals surface area contributed by atoms with Gasteiger partial charge in [-0.2, -0.15) is 5.26 Å². The van der Waals surface area contributed by atoms with Gasteiger partial charge in [-0.05, 0) is 31.5 Å². The number of benzene rings is 1. The predicted octanol–water partition coefficient (Wildman–Crippen LogP) is 1.97. The van der Waals surface area contributed by atoms with E-state index in [0.29, 0.717) is 11.1 Å². The number of nitrogens with zero attached hydrogens (tertiary/aromatic N) is 1. The molecule has 5 heteroatoms. The Labute approximate surface area is 88.3 Å². The zero-order valence-corrected chi connectivity index (χ0v) is 9.40. The van der Waals surface area contributed by atoms with Crippen molar-refractivity contribution in [3.8, 4) is 6.07 Å². The first-order valence-corrected chi connectivity index (χ1v) is 5.96. The van der Waals surface area contributed by atoms with E-state index in [1.54, 1.807) is 18.2 Å². The molecule has 2 N–H and O–H groups in total. The SMILES string of the molecule is CC(C)(c1cccc(C#N)c1)P(=O)(O)O. The highest BCUT2D eigenvalue weighted by Crippen LogP contribution is 2.56. The Morgan fingerprint density at radius 3 is 2.47 bits per heavy atom. The quantitative estimate of drug-likeness (QED) is 0.754. The molecule has 0 saturated heterocycles. The van der Waals surface area contributed by atoms with Crippen LogP contribution in [0.2, 0.25) is 0 Å². The zero-order chi connectivity index (χ0) is 11.7. The number of hydrogen-bond acceptors (Lipinski definition) is 2. The summed E-state index contributed by atoms with van der Waals surface area (Å²) >= 11 is 0. The summed E-state index contributed by atoms with van der Waals surface area (Å²) in [6, 6.07) is 8.26. The van der Waals surface area contributed by atoms with Crippen molar-refractivity contribution >= 4 is 7.60 Å². The van der Waals surface area contributed by atoms with E-state index in [9.17, 15) is 14.4 Å². The molecule has 0 aliphatic rings. The van der Waals surface area contributed by atoms with Crippen molar-refractivity contribution in [3.63, 3.8) is 0 Å². The van der Waals surface area contributed by atoms with E-state index in [2.05, 4.69) is 0 Å². The largest absolute Gasteiger partial charge is 0.335 e. The highest BCUT2D eigenvalue weighted by molar-refractivity contribution is 7.53. The van der Waals surface area contributed by atoms with Gasteiger partial charge in [-0.15, -0.1) is 0 Å². The van der Waals surface area contributed by atoms with Crippen LogP contribution in [0.4, 0.5) is 0 Å². The normalized spacial score (nSPS) is 12.2. The molecule has 15 heavy (non-hydrogen) atoms. The molecular formula is C10H12NO3P. The van der Waals surface area contributed by atoms with Crippen molar-refractivity contribution in [3.05, 3.63) is 35.4 Å². The minimum atomic E-state index is -4.23. The second-order valence-corrected chi connectivity index (χ2v) is 6.00. The Morgan fingerprint density at radius 1 is 1.40 bits per heavy atom. The summed E-state index contributed by atoms with van der Waals surface area (Å²) < 4.78 is 11.3. The zero-order valence-electron chi connectivity index (χ0n) is 8.51. The van der Waals surface area contributed by atoms with Gasteiger partial charge in [-0.1, -0.05) is 12.1 Å². The maximum atomic E-state index is 11.3. The van der Waals surface area contributed by atoms with Gasteiger partial charge in [-0.25, -0.2) is 0 Å². The van der Waals surface area contributed by atoms with Crippen molar-refractivity contribution < 1.29 is 14.4 Å². The molecule has 0 heterocycles. The first-order chi connectivity index (χ1) is 6.79. The lowest BCUT2D eigenvalue weighted by atomic mass is 10.0. The van der Waals surface area contributed by atoms with E-state index in [4.69, 9.17) is 5.26 Å². The molecule has 0 amide bonds. The molecule has 80 valence electrons. The van der Waals surface area contributed by atoms with Crippen LogP contribution in [0, 0.1) is 11.3 Å². The minimum absolute atomic E-state index is 0.397. The molecule has 0 bridgehead atoms. The molecule has 0 aliphatic carbocycles. The fourth-order valence-electron chi connectivity index (χ4n) is 1.14. The van der Waals surface area contributed by atoms with E-state index in [-0.39, 0.29) is 0 Å². The van der Waals surface area contributed by atoms with Crippen LogP contribution < -0.4 is 0 Å². The van der Waals surface area contributed by atoms with E-state index >= 15 is 0 Å². The van der Waals surface area contributed by atoms with Crippen molar-refractivity contribution in [1.29, 1.82) is 5.26 Å². The van der Waals surface area contributed by atoms with Gasteiger partial charge in [0.05, 0.1) is 16.8 Å². The highest BCUT2D eigenvalue weighted by atomic mass is 31.2. The first kappa shape index (κ1) is 11.9. The fraction of sp³-hybridized carbons (Fsp3) is 0.300. The smallest absolute Gasteiger partial charge is 0.324 e. The fourth-order valence-corrected chi connectivity index (χ4v) is 1.61. The third kappa shape index (κ3) is 2.27. The van der Waals surface area contributed by atoms with Crippen LogP contribution >= 0.6 is 7.60 Å². The topological polar surface area (TPSA) is 81.3 Å². The van der Waals surface area contributed by atoms with E-state index in [0.717, 1.165) is 0 Å². The lowest BCUT2D eigenvalue weighted by molar-refractivity contribution is 0.338. The molecule has 0 aromatic heterocycles. The molecule has 0 aliphatic heterocycles. The monoisotopic (exact) mass is 225 g/mol. The van der Waals surface area contributed by atoms with Crippen LogP contribution in [0.5, 0.6) is 0 Å². The van der Waals surface area contributed by atoms with Gasteiger partial charge in [0.25, 0.3) is 0 Å². The standard InChI is InChI=1S/C10H12NO3P/c1-10(2,15(12,13)14)9-5-3-4-8(6-9)7-11/h3-6H,1-2H3,(H2,12,13,14). The number of hydrogen-bond donors (Lipinski definition) is 2. The van der Waals surface area contributed by atoms with E-state index in [1.165, 1.54) is 19.9 Å². The molecule has 0 fully saturated rings. The van der Waals surface area contributed by atoms with Crippen molar-refractivity contribution in [2.24, 2.45) is 0 Å². The van der Waals surface area contributed by atoms with Crippen molar-refractivity contribution in [1.82, 2.24) is 0 Å². The second kappa shape index (κ2) is 3.79. The molecule has 0 saturated carbocycles.